The summed E-state index contributed by atoms with van der Waals surface area (Å²) in [6.07, 6.45) is 5.88. The van der Waals surface area contributed by atoms with Gasteiger partial charge in [0.1, 0.15) is 0 Å². The van der Waals surface area contributed by atoms with Crippen LogP contribution in [0.3, 0.4) is 0 Å². The van der Waals surface area contributed by atoms with E-state index in [4.69, 9.17) is 37.1 Å². The first kappa shape index (κ1) is 42.8. The summed E-state index contributed by atoms with van der Waals surface area (Å²) in [6.45, 7) is 26.8. The zero-order valence-electron chi connectivity index (χ0n) is 53.3. The summed E-state index contributed by atoms with van der Waals surface area (Å²) >= 11 is 3.11. The quantitative estimate of drug-likeness (QED) is 0.123. The normalized spacial score (nSPS) is 19.2. The maximum Gasteiger partial charge on any atom is 1.00 e. The van der Waals surface area contributed by atoms with Gasteiger partial charge in [0.25, 0.3) is 0 Å². The SMILES string of the molecule is C1CCOC1.CC(C)[B]B1OC(C)(C)C(C)(C)O1.C[CH-]CC.[2H]c1c([2H])c([2H])c(-c2cccc3c2sc2c(B4OC(C)(C)C(C)(C)O4)cccc23)c([2H])c1[2H].[2H]c1c([2H])c([2H])c(-c2cccc3c2sc2ccccc23)c([2H])c1[2H].[Li+]. The third-order valence-electron chi connectivity index (χ3n) is 13.1. The number of fused-ring (bicyclic) bond motifs is 6. The van der Waals surface area contributed by atoms with Crippen LogP contribution >= 0.6 is 22.7 Å². The molecule has 6 aromatic carbocycles. The van der Waals surface area contributed by atoms with Gasteiger partial charge in [-0.25, -0.2) is 0 Å². The average Bonchev–Trinajstić information content (AvgIpc) is 4.25. The van der Waals surface area contributed by atoms with Crippen molar-refractivity contribution in [3.05, 3.63) is 146 Å². The number of thiophene rings is 2. The Morgan fingerprint density at radius 3 is 1.49 bits per heavy atom. The molecule has 0 saturated carbocycles. The number of rotatable bonds is 6. The monoisotopic (exact) mass is 974 g/mol. The summed E-state index contributed by atoms with van der Waals surface area (Å²) in [4.78, 5) is 0. The zero-order chi connectivity index (χ0) is 58.1. The van der Waals surface area contributed by atoms with Crippen molar-refractivity contribution in [3.63, 3.8) is 0 Å². The van der Waals surface area contributed by atoms with E-state index < -0.39 is 18.3 Å². The van der Waals surface area contributed by atoms with Gasteiger partial charge in [-0.2, -0.15) is 13.3 Å². The molecule has 1 radical (unpaired) electrons. The predicted molar refractivity (Wildman–Crippen MR) is 303 cm³/mol. The van der Waals surface area contributed by atoms with E-state index in [1.807, 2.05) is 107 Å². The summed E-state index contributed by atoms with van der Waals surface area (Å²) in [5.41, 5.74) is 1.39. The fraction of sp³-hybridized carbons (Fsp3) is 0.373. The molecule has 0 unspecified atom stereocenters. The van der Waals surface area contributed by atoms with E-state index in [0.717, 1.165) is 59.0 Å². The molecular formula is C59H71B3LiO5S2. The maximum atomic E-state index is 8.44. The Morgan fingerprint density at radius 2 is 1.01 bits per heavy atom. The first-order chi connectivity index (χ1) is 37.1. The smallest absolute Gasteiger partial charge is 0.410 e. The molecule has 3 aliphatic rings. The van der Waals surface area contributed by atoms with Gasteiger partial charge in [0, 0.05) is 53.6 Å². The number of hydrogen-bond acceptors (Lipinski definition) is 7. The van der Waals surface area contributed by atoms with Crippen LogP contribution in [0.15, 0.2) is 139 Å². The standard InChI is InChI=1S/C24H23BO2S.C18H12S.C9H19B2O2.C4H8O.C4H9.Li/c1-23(2)24(3,4)27-25(26-23)20-15-9-14-19-18-13-8-12-17(21(18)28-22(19)20)16-10-6-5-7-11-16;1-2-7-13(8-3-1)14-10-6-11-16-15-9-4-5-12-17(15)19-18(14)16;1-7(2)10-11-12-8(3,4)9(5,6)13-11;1-2-4-5-3-1;1-3-4-2;/h5-15H,1-4H3;1-12H;7H,1-6H3;1-4H2;3H,4H2,1-2H3;/q;;;;-1;+1/i5D,6D,7D,10D,11D;1D,2D,3D,7D,8D;;;;. The van der Waals surface area contributed by atoms with E-state index >= 15 is 0 Å². The molecular weight excluding hydrogens is 892 g/mol. The van der Waals surface area contributed by atoms with Gasteiger partial charge in [0.2, 0.25) is 0 Å². The number of benzene rings is 6. The maximum absolute atomic E-state index is 8.44. The van der Waals surface area contributed by atoms with Gasteiger partial charge in [-0.05, 0) is 102 Å². The molecule has 359 valence electrons. The Bertz CT molecular complexity index is 3400. The molecule has 2 aromatic heterocycles. The molecule has 3 aliphatic heterocycles. The fourth-order valence-electron chi connectivity index (χ4n) is 7.70. The number of unbranched alkanes of at least 4 members (excludes halogenated alkanes) is 1. The van der Waals surface area contributed by atoms with Crippen LogP contribution in [0.2, 0.25) is 5.82 Å². The van der Waals surface area contributed by atoms with Gasteiger partial charge >= 0.3 is 33.0 Å². The summed E-state index contributed by atoms with van der Waals surface area (Å²) in [5.74, 6) is 0.495. The molecule has 0 bridgehead atoms. The summed E-state index contributed by atoms with van der Waals surface area (Å²) in [5, 5.41) is 4.15. The second kappa shape index (κ2) is 24.4. The number of hydrogen-bond donors (Lipinski definition) is 0. The topological polar surface area (TPSA) is 46.2 Å². The van der Waals surface area contributed by atoms with Crippen molar-refractivity contribution in [2.45, 2.75) is 131 Å². The zero-order valence-corrected chi connectivity index (χ0v) is 44.9. The van der Waals surface area contributed by atoms with Gasteiger partial charge in [-0.3, -0.25) is 0 Å². The van der Waals surface area contributed by atoms with E-state index in [1.54, 1.807) is 11.3 Å². The van der Waals surface area contributed by atoms with Crippen LogP contribution in [0.1, 0.15) is 116 Å². The molecule has 11 heteroatoms. The van der Waals surface area contributed by atoms with Crippen molar-refractivity contribution in [1.29, 1.82) is 0 Å². The van der Waals surface area contributed by atoms with Gasteiger partial charge in [0.05, 0.1) is 36.1 Å². The van der Waals surface area contributed by atoms with Crippen molar-refractivity contribution in [3.8, 4) is 22.3 Å². The van der Waals surface area contributed by atoms with Gasteiger partial charge in [-0.15, -0.1) is 22.7 Å². The van der Waals surface area contributed by atoms with E-state index in [-0.39, 0.29) is 109 Å². The van der Waals surface area contributed by atoms with Crippen molar-refractivity contribution in [1.82, 2.24) is 0 Å². The molecule has 11 rings (SSSR count). The van der Waals surface area contributed by atoms with Crippen molar-refractivity contribution in [2.24, 2.45) is 0 Å². The molecule has 70 heavy (non-hydrogen) atoms. The molecule has 3 saturated heterocycles. The first-order valence-corrected chi connectivity index (χ1v) is 25.6. The Labute approximate surface area is 455 Å². The van der Waals surface area contributed by atoms with Crippen LogP contribution in [0.4, 0.5) is 0 Å². The van der Waals surface area contributed by atoms with E-state index in [1.165, 1.54) is 30.6 Å². The largest absolute Gasteiger partial charge is 1.00 e. The minimum Gasteiger partial charge on any atom is -0.410 e. The van der Waals surface area contributed by atoms with Gasteiger partial charge < -0.3 is 29.8 Å². The summed E-state index contributed by atoms with van der Waals surface area (Å²) in [7, 11) is 1.43. The van der Waals surface area contributed by atoms with Crippen molar-refractivity contribution >= 4 is 89.8 Å². The van der Waals surface area contributed by atoms with E-state index in [9.17, 15) is 0 Å². The van der Waals surface area contributed by atoms with Crippen LogP contribution in [-0.4, -0.2) is 56.9 Å². The molecule has 5 heterocycles. The summed E-state index contributed by atoms with van der Waals surface area (Å²) < 4.78 is 114. The molecule has 8 aromatic rings. The van der Waals surface area contributed by atoms with Crippen LogP contribution in [-0.2, 0) is 23.4 Å². The summed E-state index contributed by atoms with van der Waals surface area (Å²) in [6, 6.07) is 22.7. The minimum absolute atomic E-state index is 0. The second-order valence-electron chi connectivity index (χ2n) is 19.6. The van der Waals surface area contributed by atoms with Crippen LogP contribution < -0.4 is 24.3 Å². The molecule has 0 aliphatic carbocycles. The Morgan fingerprint density at radius 1 is 0.586 bits per heavy atom. The Balaban J connectivity index is 0.000000191. The van der Waals surface area contributed by atoms with Gasteiger partial charge in [-0.1, -0.05) is 160 Å². The van der Waals surface area contributed by atoms with Crippen LogP contribution in [0, 0.1) is 6.42 Å². The molecule has 3 fully saturated rings. The van der Waals surface area contributed by atoms with E-state index in [2.05, 4.69) is 69.0 Å². The minimum atomic E-state index is -0.518. The average molecular weight is 974 g/mol. The number of ether oxygens (including phenoxy) is 1. The molecule has 0 spiro atoms. The third-order valence-corrected chi connectivity index (χ3v) is 15.6. The molecule has 0 amide bonds. The van der Waals surface area contributed by atoms with Crippen LogP contribution in [0.5, 0.6) is 0 Å². The van der Waals surface area contributed by atoms with Gasteiger partial charge in [0.15, 0.2) is 7.17 Å². The van der Waals surface area contributed by atoms with Crippen LogP contribution in [0.25, 0.3) is 62.6 Å². The Hall–Kier alpha value is -3.65. The molecule has 5 nitrogen and oxygen atoms in total. The molecule has 0 N–H and O–H groups in total. The second-order valence-corrected chi connectivity index (χ2v) is 21.6. The van der Waals surface area contributed by atoms with Crippen molar-refractivity contribution in [2.75, 3.05) is 13.2 Å². The first-order valence-electron chi connectivity index (χ1n) is 29.0. The van der Waals surface area contributed by atoms with E-state index in [0.29, 0.717) is 16.9 Å². The fourth-order valence-corrected chi connectivity index (χ4v) is 10.3. The van der Waals surface area contributed by atoms with Crippen molar-refractivity contribution < 1.29 is 55.9 Å². The molecule has 0 atom stereocenters. The third kappa shape index (κ3) is 12.9. The Kier molecular flexibility index (Phi) is 14.9. The predicted octanol–water partition coefficient (Wildman–Crippen LogP) is 13.3.